The van der Waals surface area contributed by atoms with Crippen molar-refractivity contribution >= 4 is 17.6 Å². The Morgan fingerprint density at radius 3 is 2.33 bits per heavy atom. The highest BCUT2D eigenvalue weighted by molar-refractivity contribution is 6.05. The first-order valence-electron chi connectivity index (χ1n) is 7.42. The van der Waals surface area contributed by atoms with Gasteiger partial charge in [-0.15, -0.1) is 0 Å². The Labute approximate surface area is 140 Å². The molecule has 0 aliphatic carbocycles. The summed E-state index contributed by atoms with van der Waals surface area (Å²) in [5.41, 5.74) is 0.930. The molecule has 0 bridgehead atoms. The highest BCUT2D eigenvalue weighted by Gasteiger charge is 2.14. The number of amides is 1. The van der Waals surface area contributed by atoms with Crippen LogP contribution in [0.5, 0.6) is 17.2 Å². The van der Waals surface area contributed by atoms with E-state index in [1.54, 1.807) is 31.2 Å². The van der Waals surface area contributed by atoms with Gasteiger partial charge in [-0.25, -0.2) is 0 Å². The predicted octanol–water partition coefficient (Wildman–Crippen LogP) is 3.27. The minimum absolute atomic E-state index is 0.249. The van der Waals surface area contributed by atoms with E-state index in [-0.39, 0.29) is 24.0 Å². The maximum absolute atomic E-state index is 12.4. The van der Waals surface area contributed by atoms with E-state index in [9.17, 15) is 9.59 Å². The van der Waals surface area contributed by atoms with Crippen molar-refractivity contribution in [2.75, 3.05) is 19.5 Å². The molecule has 0 aliphatic heterocycles. The average Bonchev–Trinajstić information content (AvgIpc) is 2.62. The van der Waals surface area contributed by atoms with Gasteiger partial charge in [0.1, 0.15) is 5.75 Å². The van der Waals surface area contributed by atoms with Crippen LogP contribution in [0.15, 0.2) is 42.5 Å². The Morgan fingerprint density at radius 2 is 1.67 bits per heavy atom. The number of methoxy groups -OCH3 is 2. The highest BCUT2D eigenvalue weighted by atomic mass is 16.6. The summed E-state index contributed by atoms with van der Waals surface area (Å²) in [7, 11) is 2.98. The summed E-state index contributed by atoms with van der Waals surface area (Å²) < 4.78 is 15.6. The van der Waals surface area contributed by atoms with Crippen LogP contribution in [0.2, 0.25) is 0 Å². The maximum atomic E-state index is 12.4. The Bertz CT molecular complexity index is 742. The standard InChI is InChI=1S/C18H19NO5/c1-4-17(20)24-15-10-9-12(11-16(15)23-3)18(21)19-13-7-5-6-8-14(13)22-2/h5-11H,4H2,1-3H3,(H,19,21). The summed E-state index contributed by atoms with van der Waals surface area (Å²) in [6.45, 7) is 1.70. The third-order valence-corrected chi connectivity index (χ3v) is 3.29. The number of anilines is 1. The van der Waals surface area contributed by atoms with Gasteiger partial charge >= 0.3 is 5.97 Å². The molecule has 0 heterocycles. The lowest BCUT2D eigenvalue weighted by atomic mass is 10.1. The molecule has 0 saturated heterocycles. The van der Waals surface area contributed by atoms with Crippen LogP contribution in [0.3, 0.4) is 0 Å². The van der Waals surface area contributed by atoms with Gasteiger partial charge in [0.15, 0.2) is 11.5 Å². The number of carbonyl (C=O) groups is 2. The largest absolute Gasteiger partial charge is 0.495 e. The number of nitrogens with one attached hydrogen (secondary N) is 1. The first kappa shape index (κ1) is 17.3. The lowest BCUT2D eigenvalue weighted by molar-refractivity contribution is -0.134. The second-order valence-corrected chi connectivity index (χ2v) is 4.85. The van der Waals surface area contributed by atoms with Crippen molar-refractivity contribution in [3.8, 4) is 17.2 Å². The van der Waals surface area contributed by atoms with E-state index < -0.39 is 0 Å². The summed E-state index contributed by atoms with van der Waals surface area (Å²) in [6.07, 6.45) is 0.249. The van der Waals surface area contributed by atoms with Gasteiger partial charge in [0, 0.05) is 12.0 Å². The number of para-hydroxylation sites is 2. The first-order chi connectivity index (χ1) is 11.6. The third-order valence-electron chi connectivity index (χ3n) is 3.29. The number of hydrogen-bond acceptors (Lipinski definition) is 5. The molecular formula is C18H19NO5. The normalized spacial score (nSPS) is 9.96. The Morgan fingerprint density at radius 1 is 0.958 bits per heavy atom. The zero-order valence-electron chi connectivity index (χ0n) is 13.8. The van der Waals surface area contributed by atoms with Gasteiger partial charge in [-0.1, -0.05) is 19.1 Å². The molecule has 1 amide bonds. The topological polar surface area (TPSA) is 73.9 Å². The van der Waals surface area contributed by atoms with Gasteiger partial charge in [0.2, 0.25) is 0 Å². The molecule has 0 spiro atoms. The monoisotopic (exact) mass is 329 g/mol. The minimum atomic E-state index is -0.375. The third kappa shape index (κ3) is 4.04. The first-order valence-corrected chi connectivity index (χ1v) is 7.42. The summed E-state index contributed by atoms with van der Waals surface area (Å²) in [6, 6.07) is 11.7. The van der Waals surface area contributed by atoms with Crippen LogP contribution in [0.25, 0.3) is 0 Å². The number of benzene rings is 2. The van der Waals surface area contributed by atoms with Crippen LogP contribution in [-0.4, -0.2) is 26.1 Å². The maximum Gasteiger partial charge on any atom is 0.311 e. The van der Waals surface area contributed by atoms with Gasteiger partial charge in [-0.05, 0) is 30.3 Å². The predicted molar refractivity (Wildman–Crippen MR) is 89.9 cm³/mol. The lowest BCUT2D eigenvalue weighted by Gasteiger charge is -2.12. The van der Waals surface area contributed by atoms with Crippen LogP contribution in [0, 0.1) is 0 Å². The van der Waals surface area contributed by atoms with Gasteiger partial charge in [-0.3, -0.25) is 9.59 Å². The second kappa shape index (κ2) is 8.01. The van der Waals surface area contributed by atoms with Crippen LogP contribution in [0.1, 0.15) is 23.7 Å². The van der Waals surface area contributed by atoms with Crippen LogP contribution in [0.4, 0.5) is 5.69 Å². The molecule has 0 saturated carbocycles. The van der Waals surface area contributed by atoms with E-state index in [1.165, 1.54) is 26.4 Å². The molecule has 0 aromatic heterocycles. The fraction of sp³-hybridized carbons (Fsp3) is 0.222. The van der Waals surface area contributed by atoms with E-state index in [0.29, 0.717) is 22.7 Å². The van der Waals surface area contributed by atoms with E-state index >= 15 is 0 Å². The van der Waals surface area contributed by atoms with Crippen molar-refractivity contribution < 1.29 is 23.8 Å². The number of carbonyl (C=O) groups excluding carboxylic acids is 2. The molecule has 0 fully saturated rings. The fourth-order valence-electron chi connectivity index (χ4n) is 2.03. The molecule has 2 aromatic rings. The molecule has 24 heavy (non-hydrogen) atoms. The molecule has 0 unspecified atom stereocenters. The molecule has 2 rings (SSSR count). The lowest BCUT2D eigenvalue weighted by Crippen LogP contribution is -2.13. The summed E-state index contributed by atoms with van der Waals surface area (Å²) in [5, 5.41) is 2.77. The smallest absolute Gasteiger partial charge is 0.311 e. The van der Waals surface area contributed by atoms with Crippen molar-refractivity contribution in [2.24, 2.45) is 0 Å². The second-order valence-electron chi connectivity index (χ2n) is 4.85. The molecule has 0 radical (unpaired) electrons. The Balaban J connectivity index is 2.22. The molecular weight excluding hydrogens is 310 g/mol. The number of esters is 1. The molecule has 6 nitrogen and oxygen atoms in total. The highest BCUT2D eigenvalue weighted by Crippen LogP contribution is 2.29. The van der Waals surface area contributed by atoms with Crippen LogP contribution in [-0.2, 0) is 4.79 Å². The molecule has 6 heteroatoms. The molecule has 0 atom stereocenters. The SMILES string of the molecule is CCC(=O)Oc1ccc(C(=O)Nc2ccccc2OC)cc1OC. The number of hydrogen-bond donors (Lipinski definition) is 1. The van der Waals surface area contributed by atoms with Crippen LogP contribution < -0.4 is 19.5 Å². The zero-order valence-corrected chi connectivity index (χ0v) is 13.8. The van der Waals surface area contributed by atoms with Crippen molar-refractivity contribution in [1.82, 2.24) is 0 Å². The van der Waals surface area contributed by atoms with Gasteiger partial charge in [-0.2, -0.15) is 0 Å². The van der Waals surface area contributed by atoms with Crippen molar-refractivity contribution in [2.45, 2.75) is 13.3 Å². The number of rotatable bonds is 6. The Hall–Kier alpha value is -3.02. The summed E-state index contributed by atoms with van der Waals surface area (Å²) in [4.78, 5) is 23.8. The van der Waals surface area contributed by atoms with E-state index in [1.807, 2.05) is 6.07 Å². The average molecular weight is 329 g/mol. The van der Waals surface area contributed by atoms with Crippen molar-refractivity contribution in [1.29, 1.82) is 0 Å². The fourth-order valence-corrected chi connectivity index (χ4v) is 2.03. The minimum Gasteiger partial charge on any atom is -0.495 e. The van der Waals surface area contributed by atoms with Gasteiger partial charge < -0.3 is 19.5 Å². The number of ether oxygens (including phenoxy) is 3. The molecule has 2 aromatic carbocycles. The molecule has 126 valence electrons. The van der Waals surface area contributed by atoms with Crippen LogP contribution >= 0.6 is 0 Å². The van der Waals surface area contributed by atoms with E-state index in [0.717, 1.165) is 0 Å². The van der Waals surface area contributed by atoms with Crippen molar-refractivity contribution in [3.63, 3.8) is 0 Å². The quantitative estimate of drug-likeness (QED) is 0.650. The molecule has 1 N–H and O–H groups in total. The van der Waals surface area contributed by atoms with Crippen molar-refractivity contribution in [3.05, 3.63) is 48.0 Å². The summed E-state index contributed by atoms with van der Waals surface area (Å²) >= 11 is 0. The zero-order chi connectivity index (χ0) is 17.5. The Kier molecular flexibility index (Phi) is 5.78. The molecule has 0 aliphatic rings. The van der Waals surface area contributed by atoms with Gasteiger partial charge in [0.25, 0.3) is 5.91 Å². The van der Waals surface area contributed by atoms with Gasteiger partial charge in [0.05, 0.1) is 19.9 Å². The van der Waals surface area contributed by atoms with E-state index in [4.69, 9.17) is 14.2 Å². The summed E-state index contributed by atoms with van der Waals surface area (Å²) in [5.74, 6) is 0.444. The van der Waals surface area contributed by atoms with E-state index in [2.05, 4.69) is 5.32 Å².